The zero-order chi connectivity index (χ0) is 18.9. The number of ether oxygens (including phenoxy) is 1. The normalized spacial score (nSPS) is 22.5. The smallest absolute Gasteiger partial charge is 0.265 e. The van der Waals surface area contributed by atoms with E-state index in [-0.39, 0.29) is 17.4 Å². The molecule has 26 heavy (non-hydrogen) atoms. The number of likely N-dealkylation sites (tertiary alicyclic amines) is 1. The van der Waals surface area contributed by atoms with Gasteiger partial charge in [-0.15, -0.1) is 11.3 Å². The molecule has 1 atom stereocenters. The number of aromatic nitrogens is 1. The Morgan fingerprint density at radius 2 is 2.00 bits per heavy atom. The minimum absolute atomic E-state index is 0.0955. The molecule has 144 valence electrons. The molecule has 7 heteroatoms. The lowest BCUT2D eigenvalue weighted by Crippen LogP contribution is -2.51. The molecular formula is C19H29N3O3S. The predicted octanol–water partition coefficient (Wildman–Crippen LogP) is 2.64. The summed E-state index contributed by atoms with van der Waals surface area (Å²) in [6.07, 6.45) is 4.17. The fraction of sp³-hybridized carbons (Fsp3) is 0.737. The largest absolute Gasteiger partial charge is 0.375 e. The van der Waals surface area contributed by atoms with Crippen LogP contribution in [0.1, 0.15) is 52.5 Å². The molecule has 0 radical (unpaired) electrons. The quantitative estimate of drug-likeness (QED) is 0.810. The van der Waals surface area contributed by atoms with Crippen molar-refractivity contribution in [2.24, 2.45) is 5.92 Å². The van der Waals surface area contributed by atoms with Crippen LogP contribution in [-0.2, 0) is 9.53 Å². The van der Waals surface area contributed by atoms with Gasteiger partial charge in [-0.25, -0.2) is 4.98 Å². The molecule has 1 spiro atoms. The third-order valence-corrected chi connectivity index (χ3v) is 6.68. The van der Waals surface area contributed by atoms with Crippen LogP contribution in [0, 0.1) is 19.8 Å². The van der Waals surface area contributed by atoms with Gasteiger partial charge in [-0.3, -0.25) is 9.59 Å². The standard InChI is InChI=1S/C19H29N3O3S/c1-13-17(26-14(2)20-13)18(24)22-8-6-19(7-9-22)12-15(5-10-25-19)11-16(23)21(3)4/h15H,5-12H2,1-4H3. The van der Waals surface area contributed by atoms with E-state index in [4.69, 9.17) is 4.74 Å². The number of nitrogens with zero attached hydrogens (tertiary/aromatic N) is 3. The molecule has 2 aliphatic heterocycles. The predicted molar refractivity (Wildman–Crippen MR) is 101 cm³/mol. The summed E-state index contributed by atoms with van der Waals surface area (Å²) in [5.74, 6) is 0.668. The van der Waals surface area contributed by atoms with Gasteiger partial charge in [0.05, 0.1) is 16.3 Å². The van der Waals surface area contributed by atoms with Crippen molar-refractivity contribution in [2.45, 2.75) is 51.6 Å². The second-order valence-electron chi connectivity index (χ2n) is 7.82. The van der Waals surface area contributed by atoms with Crippen molar-refractivity contribution in [1.29, 1.82) is 0 Å². The fourth-order valence-corrected chi connectivity index (χ4v) is 4.96. The zero-order valence-electron chi connectivity index (χ0n) is 16.2. The third-order valence-electron chi connectivity index (χ3n) is 5.62. The molecule has 0 bridgehead atoms. The van der Waals surface area contributed by atoms with Gasteiger partial charge in [-0.2, -0.15) is 0 Å². The molecule has 3 rings (SSSR count). The van der Waals surface area contributed by atoms with Crippen LogP contribution in [0.5, 0.6) is 0 Å². The lowest BCUT2D eigenvalue weighted by Gasteiger charge is -2.46. The van der Waals surface area contributed by atoms with Gasteiger partial charge in [-0.05, 0) is 45.4 Å². The number of amides is 2. The van der Waals surface area contributed by atoms with Crippen molar-refractivity contribution in [1.82, 2.24) is 14.8 Å². The maximum Gasteiger partial charge on any atom is 0.265 e. The number of rotatable bonds is 3. The number of carbonyl (C=O) groups is 2. The van der Waals surface area contributed by atoms with E-state index in [0.29, 0.717) is 32.0 Å². The Morgan fingerprint density at radius 1 is 1.31 bits per heavy atom. The molecule has 3 heterocycles. The summed E-state index contributed by atoms with van der Waals surface area (Å²) in [4.78, 5) is 33.6. The van der Waals surface area contributed by atoms with Crippen molar-refractivity contribution in [3.63, 3.8) is 0 Å². The van der Waals surface area contributed by atoms with Crippen molar-refractivity contribution in [3.8, 4) is 0 Å². The van der Waals surface area contributed by atoms with Crippen molar-refractivity contribution < 1.29 is 14.3 Å². The van der Waals surface area contributed by atoms with Crippen LogP contribution in [0.2, 0.25) is 0 Å². The highest BCUT2D eigenvalue weighted by Gasteiger charge is 2.42. The van der Waals surface area contributed by atoms with Crippen molar-refractivity contribution in [3.05, 3.63) is 15.6 Å². The van der Waals surface area contributed by atoms with Crippen LogP contribution in [-0.4, -0.2) is 66.0 Å². The maximum atomic E-state index is 12.8. The topological polar surface area (TPSA) is 62.7 Å². The highest BCUT2D eigenvalue weighted by atomic mass is 32.1. The second-order valence-corrected chi connectivity index (χ2v) is 9.03. The second kappa shape index (κ2) is 7.64. The van der Waals surface area contributed by atoms with Crippen LogP contribution < -0.4 is 0 Å². The Morgan fingerprint density at radius 3 is 2.58 bits per heavy atom. The SMILES string of the molecule is Cc1nc(C)c(C(=O)N2CCC3(CC2)CC(CC(=O)N(C)C)CCO3)s1. The Hall–Kier alpha value is -1.47. The summed E-state index contributed by atoms with van der Waals surface area (Å²) in [6, 6.07) is 0. The van der Waals surface area contributed by atoms with E-state index in [2.05, 4.69) is 4.98 Å². The van der Waals surface area contributed by atoms with Crippen LogP contribution in [0.3, 0.4) is 0 Å². The summed E-state index contributed by atoms with van der Waals surface area (Å²) in [7, 11) is 3.62. The van der Waals surface area contributed by atoms with Crippen LogP contribution in [0.4, 0.5) is 0 Å². The molecule has 2 aliphatic rings. The number of thiazole rings is 1. The number of hydrogen-bond acceptors (Lipinski definition) is 5. The van der Waals surface area contributed by atoms with Crippen LogP contribution in [0.25, 0.3) is 0 Å². The first-order chi connectivity index (χ1) is 12.3. The van der Waals surface area contributed by atoms with Crippen molar-refractivity contribution in [2.75, 3.05) is 33.8 Å². The Bertz CT molecular complexity index is 678. The van der Waals surface area contributed by atoms with E-state index in [1.165, 1.54) is 11.3 Å². The number of hydrogen-bond donors (Lipinski definition) is 0. The average Bonchev–Trinajstić information content (AvgIpc) is 2.93. The average molecular weight is 380 g/mol. The van der Waals surface area contributed by atoms with Crippen LogP contribution >= 0.6 is 11.3 Å². The molecule has 1 aromatic heterocycles. The van der Waals surface area contributed by atoms with E-state index in [9.17, 15) is 9.59 Å². The molecule has 0 N–H and O–H groups in total. The van der Waals surface area contributed by atoms with Gasteiger partial charge in [0.25, 0.3) is 5.91 Å². The highest BCUT2D eigenvalue weighted by molar-refractivity contribution is 7.13. The first-order valence-electron chi connectivity index (χ1n) is 9.37. The van der Waals surface area contributed by atoms with Gasteiger partial charge in [0.15, 0.2) is 0 Å². The lowest BCUT2D eigenvalue weighted by molar-refractivity contribution is -0.139. The first kappa shape index (κ1) is 19.3. The molecule has 0 aliphatic carbocycles. The molecule has 2 fully saturated rings. The molecular weight excluding hydrogens is 350 g/mol. The monoisotopic (exact) mass is 379 g/mol. The molecule has 6 nitrogen and oxygen atoms in total. The third kappa shape index (κ3) is 4.09. The lowest BCUT2D eigenvalue weighted by atomic mass is 9.78. The molecule has 1 aromatic rings. The maximum absolute atomic E-state index is 12.8. The molecule has 0 saturated carbocycles. The molecule has 2 saturated heterocycles. The van der Waals surface area contributed by atoms with E-state index in [0.717, 1.165) is 41.3 Å². The van der Waals surface area contributed by atoms with Gasteiger partial charge in [0, 0.05) is 40.2 Å². The number of piperidine rings is 1. The van der Waals surface area contributed by atoms with Gasteiger partial charge in [-0.1, -0.05) is 0 Å². The zero-order valence-corrected chi connectivity index (χ0v) is 17.0. The fourth-order valence-electron chi connectivity index (χ4n) is 4.07. The van der Waals surface area contributed by atoms with Crippen molar-refractivity contribution >= 4 is 23.2 Å². The minimum Gasteiger partial charge on any atom is -0.375 e. The molecule has 2 amide bonds. The summed E-state index contributed by atoms with van der Waals surface area (Å²) >= 11 is 1.48. The van der Waals surface area contributed by atoms with E-state index in [1.807, 2.05) is 32.8 Å². The minimum atomic E-state index is -0.162. The summed E-state index contributed by atoms with van der Waals surface area (Å²) in [6.45, 7) is 5.98. The summed E-state index contributed by atoms with van der Waals surface area (Å²) in [5.41, 5.74) is 0.666. The van der Waals surface area contributed by atoms with Crippen LogP contribution in [0.15, 0.2) is 0 Å². The van der Waals surface area contributed by atoms with E-state index < -0.39 is 0 Å². The van der Waals surface area contributed by atoms with E-state index in [1.54, 1.807) is 4.90 Å². The molecule has 1 unspecified atom stereocenters. The van der Waals surface area contributed by atoms with E-state index >= 15 is 0 Å². The Balaban J connectivity index is 1.59. The van der Waals surface area contributed by atoms with Gasteiger partial charge < -0.3 is 14.5 Å². The Labute approximate surface area is 159 Å². The summed E-state index contributed by atoms with van der Waals surface area (Å²) in [5, 5.41) is 0.934. The number of carbonyl (C=O) groups excluding carboxylic acids is 2. The number of aryl methyl sites for hydroxylation is 2. The van der Waals surface area contributed by atoms with Gasteiger partial charge in [0.1, 0.15) is 4.88 Å². The van der Waals surface area contributed by atoms with Gasteiger partial charge >= 0.3 is 0 Å². The Kier molecular flexibility index (Phi) is 5.67. The molecule has 0 aromatic carbocycles. The first-order valence-corrected chi connectivity index (χ1v) is 10.2. The highest BCUT2D eigenvalue weighted by Crippen LogP contribution is 2.39. The summed E-state index contributed by atoms with van der Waals surface area (Å²) < 4.78 is 6.17. The van der Waals surface area contributed by atoms with Gasteiger partial charge in [0.2, 0.25) is 5.91 Å².